The number of hydrogen-bond donors (Lipinski definition) is 1. The quantitative estimate of drug-likeness (QED) is 0.828. The number of hydrogen-bond acceptors (Lipinski definition) is 6. The van der Waals surface area contributed by atoms with Crippen molar-refractivity contribution in [1.29, 1.82) is 0 Å². The van der Waals surface area contributed by atoms with Crippen molar-refractivity contribution in [2.75, 3.05) is 25.3 Å². The Morgan fingerprint density at radius 2 is 1.95 bits per heavy atom. The van der Waals surface area contributed by atoms with Crippen molar-refractivity contribution in [2.45, 2.75) is 6.92 Å². The van der Waals surface area contributed by atoms with E-state index in [1.807, 2.05) is 30.3 Å². The standard InChI is InChI=1S/C14H16N2O4/c1-3-20-14(18)12-11(13(17)19-2)9-16(15-12)10-7-5-4-6-8-10/h4-8,15H,3,9H2,1-2H3. The Balaban J connectivity index is 2.25. The zero-order valence-electron chi connectivity index (χ0n) is 11.4. The number of nitrogens with one attached hydrogen (secondary N) is 1. The highest BCUT2D eigenvalue weighted by Crippen LogP contribution is 2.21. The van der Waals surface area contributed by atoms with Crippen LogP contribution in [0, 0.1) is 0 Å². The summed E-state index contributed by atoms with van der Waals surface area (Å²) in [6.45, 7) is 2.19. The van der Waals surface area contributed by atoms with Gasteiger partial charge in [0.2, 0.25) is 0 Å². The molecule has 6 heteroatoms. The summed E-state index contributed by atoms with van der Waals surface area (Å²) in [5.74, 6) is -1.11. The molecular formula is C14H16N2O4. The van der Waals surface area contributed by atoms with Gasteiger partial charge in [-0.3, -0.25) is 10.4 Å². The molecule has 1 aromatic rings. The number of rotatable bonds is 4. The number of methoxy groups -OCH3 is 1. The second-order valence-corrected chi connectivity index (χ2v) is 4.10. The van der Waals surface area contributed by atoms with Gasteiger partial charge in [-0.2, -0.15) is 0 Å². The summed E-state index contributed by atoms with van der Waals surface area (Å²) >= 11 is 0. The fraction of sp³-hybridized carbons (Fsp3) is 0.286. The van der Waals surface area contributed by atoms with E-state index in [9.17, 15) is 9.59 Å². The number of carbonyl (C=O) groups excluding carboxylic acids is 2. The molecule has 6 nitrogen and oxygen atoms in total. The lowest BCUT2D eigenvalue weighted by molar-refractivity contribution is -0.140. The minimum atomic E-state index is -0.564. The van der Waals surface area contributed by atoms with Gasteiger partial charge in [0.1, 0.15) is 0 Å². The second kappa shape index (κ2) is 6.10. The van der Waals surface area contributed by atoms with Crippen LogP contribution in [0.15, 0.2) is 41.6 Å². The van der Waals surface area contributed by atoms with Crippen LogP contribution in [0.2, 0.25) is 0 Å². The maximum absolute atomic E-state index is 11.9. The summed E-state index contributed by atoms with van der Waals surface area (Å²) in [6, 6.07) is 9.38. The van der Waals surface area contributed by atoms with Crippen LogP contribution in [0.25, 0.3) is 0 Å². The lowest BCUT2D eigenvalue weighted by Gasteiger charge is -2.19. The molecule has 2 rings (SSSR count). The van der Waals surface area contributed by atoms with Crippen molar-refractivity contribution in [1.82, 2.24) is 5.43 Å². The molecule has 0 saturated carbocycles. The normalized spacial score (nSPS) is 14.0. The van der Waals surface area contributed by atoms with Gasteiger partial charge in [0.15, 0.2) is 5.70 Å². The van der Waals surface area contributed by atoms with Crippen LogP contribution >= 0.6 is 0 Å². The topological polar surface area (TPSA) is 67.9 Å². The van der Waals surface area contributed by atoms with E-state index in [0.717, 1.165) is 5.69 Å². The number of benzene rings is 1. The number of nitrogens with zero attached hydrogens (tertiary/aromatic N) is 1. The predicted molar refractivity (Wildman–Crippen MR) is 72.6 cm³/mol. The Bertz CT molecular complexity index is 539. The van der Waals surface area contributed by atoms with Crippen LogP contribution in [0.4, 0.5) is 5.69 Å². The number of carbonyl (C=O) groups is 2. The average molecular weight is 276 g/mol. The second-order valence-electron chi connectivity index (χ2n) is 4.10. The van der Waals surface area contributed by atoms with Crippen LogP contribution in [-0.4, -0.2) is 32.2 Å². The van der Waals surface area contributed by atoms with Crippen molar-refractivity contribution in [2.24, 2.45) is 0 Å². The van der Waals surface area contributed by atoms with Crippen molar-refractivity contribution < 1.29 is 19.1 Å². The number of ether oxygens (including phenoxy) is 2. The first-order valence-corrected chi connectivity index (χ1v) is 6.25. The lowest BCUT2D eigenvalue weighted by atomic mass is 10.2. The molecule has 0 radical (unpaired) electrons. The average Bonchev–Trinajstić information content (AvgIpc) is 2.93. The molecule has 0 aromatic heterocycles. The molecule has 0 bridgehead atoms. The SMILES string of the molecule is CCOC(=O)C1=C(C(=O)OC)CN(c2ccccc2)N1. The van der Waals surface area contributed by atoms with Gasteiger partial charge in [-0.1, -0.05) is 18.2 Å². The van der Waals surface area contributed by atoms with Gasteiger partial charge in [0.05, 0.1) is 31.5 Å². The summed E-state index contributed by atoms with van der Waals surface area (Å²) in [5, 5.41) is 1.69. The summed E-state index contributed by atoms with van der Waals surface area (Å²) in [6.07, 6.45) is 0. The van der Waals surface area contributed by atoms with Gasteiger partial charge in [0.25, 0.3) is 0 Å². The minimum absolute atomic E-state index is 0.127. The monoisotopic (exact) mass is 276 g/mol. The van der Waals surface area contributed by atoms with Crippen LogP contribution < -0.4 is 10.4 Å². The van der Waals surface area contributed by atoms with Crippen molar-refractivity contribution >= 4 is 17.6 Å². The summed E-state index contributed by atoms with van der Waals surface area (Å²) in [4.78, 5) is 23.6. The van der Waals surface area contributed by atoms with Crippen molar-refractivity contribution in [3.05, 3.63) is 41.6 Å². The van der Waals surface area contributed by atoms with E-state index in [2.05, 4.69) is 5.43 Å². The van der Waals surface area contributed by atoms with Gasteiger partial charge >= 0.3 is 11.9 Å². The van der Waals surface area contributed by atoms with Crippen molar-refractivity contribution in [3.8, 4) is 0 Å². The van der Waals surface area contributed by atoms with Gasteiger partial charge in [-0.05, 0) is 19.1 Å². The van der Waals surface area contributed by atoms with E-state index < -0.39 is 11.9 Å². The fourth-order valence-electron chi connectivity index (χ4n) is 1.90. The molecule has 0 atom stereocenters. The molecule has 0 amide bonds. The first-order valence-electron chi connectivity index (χ1n) is 6.25. The molecule has 106 valence electrons. The number of hydrazine groups is 1. The number of anilines is 1. The summed E-state index contributed by atoms with van der Waals surface area (Å²) < 4.78 is 9.65. The van der Waals surface area contributed by atoms with Crippen molar-refractivity contribution in [3.63, 3.8) is 0 Å². The van der Waals surface area contributed by atoms with E-state index in [-0.39, 0.29) is 24.4 Å². The Morgan fingerprint density at radius 3 is 2.55 bits per heavy atom. The molecular weight excluding hydrogens is 260 g/mol. The van der Waals surface area contributed by atoms with Gasteiger partial charge in [0, 0.05) is 0 Å². The van der Waals surface area contributed by atoms with Crippen LogP contribution in [0.1, 0.15) is 6.92 Å². The fourth-order valence-corrected chi connectivity index (χ4v) is 1.90. The predicted octanol–water partition coefficient (Wildman–Crippen LogP) is 1.00. The maximum Gasteiger partial charge on any atom is 0.356 e. The molecule has 0 fully saturated rings. The Labute approximate surface area is 116 Å². The molecule has 1 N–H and O–H groups in total. The Hall–Kier alpha value is -2.50. The Morgan fingerprint density at radius 1 is 1.25 bits per heavy atom. The molecule has 1 aliphatic rings. The van der Waals surface area contributed by atoms with E-state index in [0.29, 0.717) is 0 Å². The van der Waals surface area contributed by atoms with Crippen LogP contribution in [0.3, 0.4) is 0 Å². The van der Waals surface area contributed by atoms with Gasteiger partial charge < -0.3 is 9.47 Å². The molecule has 1 aliphatic heterocycles. The van der Waals surface area contributed by atoms with E-state index in [1.54, 1.807) is 11.9 Å². The van der Waals surface area contributed by atoms with Gasteiger partial charge in [-0.25, -0.2) is 9.59 Å². The van der Waals surface area contributed by atoms with Crippen LogP contribution in [-0.2, 0) is 19.1 Å². The lowest BCUT2D eigenvalue weighted by Crippen LogP contribution is -2.34. The highest BCUT2D eigenvalue weighted by molar-refractivity contribution is 6.02. The number of para-hydroxylation sites is 1. The molecule has 1 heterocycles. The highest BCUT2D eigenvalue weighted by Gasteiger charge is 2.32. The van der Waals surface area contributed by atoms with Gasteiger partial charge in [-0.15, -0.1) is 0 Å². The first-order chi connectivity index (χ1) is 9.67. The summed E-state index contributed by atoms with van der Waals surface area (Å²) in [7, 11) is 1.28. The molecule has 0 saturated heterocycles. The smallest absolute Gasteiger partial charge is 0.356 e. The van der Waals surface area contributed by atoms with E-state index in [4.69, 9.17) is 9.47 Å². The molecule has 0 aliphatic carbocycles. The largest absolute Gasteiger partial charge is 0.466 e. The van der Waals surface area contributed by atoms with E-state index >= 15 is 0 Å². The maximum atomic E-state index is 11.9. The van der Waals surface area contributed by atoms with Crippen LogP contribution in [0.5, 0.6) is 0 Å². The Kier molecular flexibility index (Phi) is 4.24. The third-order valence-corrected chi connectivity index (χ3v) is 2.84. The molecule has 0 unspecified atom stereocenters. The minimum Gasteiger partial charge on any atom is -0.466 e. The summed E-state index contributed by atoms with van der Waals surface area (Å²) in [5.41, 5.74) is 4.12. The molecule has 0 spiro atoms. The zero-order valence-corrected chi connectivity index (χ0v) is 11.4. The third kappa shape index (κ3) is 2.74. The molecule has 1 aromatic carbocycles. The number of esters is 2. The molecule has 20 heavy (non-hydrogen) atoms. The highest BCUT2D eigenvalue weighted by atomic mass is 16.5. The van der Waals surface area contributed by atoms with E-state index in [1.165, 1.54) is 7.11 Å². The first kappa shape index (κ1) is 13.9. The zero-order chi connectivity index (χ0) is 14.5. The third-order valence-electron chi connectivity index (χ3n) is 2.84.